The van der Waals surface area contributed by atoms with E-state index in [1.165, 1.54) is 17.0 Å². The highest BCUT2D eigenvalue weighted by atomic mass is 16.4. The number of hydrogen-bond acceptors (Lipinski definition) is 7. The van der Waals surface area contributed by atoms with Gasteiger partial charge in [0.15, 0.2) is 0 Å². The van der Waals surface area contributed by atoms with Gasteiger partial charge in [-0.3, -0.25) is 19.2 Å². The van der Waals surface area contributed by atoms with Crippen LogP contribution < -0.4 is 21.7 Å². The number of carboxylic acids is 1. The van der Waals surface area contributed by atoms with E-state index in [1.807, 2.05) is 6.07 Å². The molecule has 2 aromatic rings. The fourth-order valence-corrected chi connectivity index (χ4v) is 4.89. The third kappa shape index (κ3) is 8.77. The number of aliphatic carboxylic acids is 1. The van der Waals surface area contributed by atoms with Crippen molar-refractivity contribution in [2.75, 3.05) is 13.1 Å². The summed E-state index contributed by atoms with van der Waals surface area (Å²) in [5.41, 5.74) is 6.74. The molecule has 3 rings (SSSR count). The Morgan fingerprint density at radius 2 is 1.52 bits per heavy atom. The van der Waals surface area contributed by atoms with Crippen molar-refractivity contribution in [1.29, 1.82) is 0 Å². The van der Waals surface area contributed by atoms with Gasteiger partial charge in [-0.05, 0) is 42.0 Å². The summed E-state index contributed by atoms with van der Waals surface area (Å²) in [7, 11) is 0. The highest BCUT2D eigenvalue weighted by Crippen LogP contribution is 2.21. The van der Waals surface area contributed by atoms with Gasteiger partial charge in [0.1, 0.15) is 29.9 Å². The summed E-state index contributed by atoms with van der Waals surface area (Å²) in [5, 5.41) is 27.2. The molecule has 0 unspecified atom stereocenters. The molecule has 4 amide bonds. The number of amides is 4. The first-order valence-electron chi connectivity index (χ1n) is 14.0. The van der Waals surface area contributed by atoms with Gasteiger partial charge in [0.25, 0.3) is 0 Å². The molecule has 4 atom stereocenters. The second-order valence-corrected chi connectivity index (χ2v) is 10.7. The fourth-order valence-electron chi connectivity index (χ4n) is 4.89. The highest BCUT2D eigenvalue weighted by Gasteiger charge is 2.40. The van der Waals surface area contributed by atoms with Crippen LogP contribution in [0.1, 0.15) is 37.8 Å². The molecule has 0 radical (unpaired) electrons. The minimum atomic E-state index is -1.29. The van der Waals surface area contributed by atoms with E-state index in [4.69, 9.17) is 5.73 Å². The number of rotatable bonds is 13. The lowest BCUT2D eigenvalue weighted by Gasteiger charge is -2.31. The number of phenols is 1. The van der Waals surface area contributed by atoms with Crippen molar-refractivity contribution in [3.63, 3.8) is 0 Å². The normalized spacial score (nSPS) is 16.8. The van der Waals surface area contributed by atoms with Crippen molar-refractivity contribution < 1.29 is 34.2 Å². The largest absolute Gasteiger partial charge is 0.508 e. The van der Waals surface area contributed by atoms with Gasteiger partial charge in [-0.15, -0.1) is 0 Å². The molecule has 12 heteroatoms. The molecule has 1 aliphatic heterocycles. The van der Waals surface area contributed by atoms with Crippen LogP contribution in [0.4, 0.5) is 0 Å². The molecule has 0 saturated carbocycles. The summed E-state index contributed by atoms with van der Waals surface area (Å²) in [6, 6.07) is 10.8. The molecular formula is C30H39N5O7. The van der Waals surface area contributed by atoms with Crippen LogP contribution in [0, 0.1) is 5.92 Å². The van der Waals surface area contributed by atoms with Gasteiger partial charge in [0, 0.05) is 19.4 Å². The van der Waals surface area contributed by atoms with E-state index in [0.29, 0.717) is 24.9 Å². The Morgan fingerprint density at radius 1 is 0.905 bits per heavy atom. The van der Waals surface area contributed by atoms with Gasteiger partial charge in [0.05, 0.1) is 6.54 Å². The first-order valence-corrected chi connectivity index (χ1v) is 14.0. The zero-order valence-electron chi connectivity index (χ0n) is 23.8. The number of nitrogens with one attached hydrogen (secondary N) is 3. The van der Waals surface area contributed by atoms with Crippen LogP contribution in [-0.4, -0.2) is 82.0 Å². The average molecular weight is 582 g/mol. The number of nitrogens with zero attached hydrogens (tertiary/aromatic N) is 1. The smallest absolute Gasteiger partial charge is 0.326 e. The number of carbonyl (C=O) groups excluding carboxylic acids is 4. The minimum Gasteiger partial charge on any atom is -0.508 e. The fraction of sp³-hybridized carbons (Fsp3) is 0.433. The van der Waals surface area contributed by atoms with Gasteiger partial charge >= 0.3 is 5.97 Å². The maximum atomic E-state index is 13.5. The van der Waals surface area contributed by atoms with Crippen molar-refractivity contribution in [1.82, 2.24) is 20.9 Å². The summed E-state index contributed by atoms with van der Waals surface area (Å²) in [5.74, 6) is -3.61. The monoisotopic (exact) mass is 581 g/mol. The summed E-state index contributed by atoms with van der Waals surface area (Å²) in [4.78, 5) is 65.8. The topological polar surface area (TPSA) is 191 Å². The van der Waals surface area contributed by atoms with Gasteiger partial charge in [-0.1, -0.05) is 56.3 Å². The van der Waals surface area contributed by atoms with Crippen LogP contribution in [0.15, 0.2) is 54.6 Å². The standard InChI is InChI=1S/C30H39N5O7/c1-18(2)26(34-25(37)17-31)29(40)35-14-6-9-24(35)28(39)32-22(15-19-7-4-3-5-8-19)27(38)33-23(30(41)42)16-20-10-12-21(36)13-11-20/h3-5,7-8,10-13,18,22-24,26,36H,6,9,14-17,31H2,1-2H3,(H,32,39)(H,33,38)(H,34,37)(H,41,42)/t22-,23-,24-,26-/m0/s1. The van der Waals surface area contributed by atoms with Gasteiger partial charge in [0.2, 0.25) is 23.6 Å². The highest BCUT2D eigenvalue weighted by molar-refractivity contribution is 5.95. The molecule has 42 heavy (non-hydrogen) atoms. The molecular weight excluding hydrogens is 542 g/mol. The molecule has 0 aliphatic carbocycles. The van der Waals surface area contributed by atoms with E-state index in [-0.39, 0.29) is 31.1 Å². The van der Waals surface area contributed by atoms with E-state index in [9.17, 15) is 34.2 Å². The molecule has 1 heterocycles. The molecule has 226 valence electrons. The lowest BCUT2D eigenvalue weighted by Crippen LogP contribution is -2.58. The maximum Gasteiger partial charge on any atom is 0.326 e. The van der Waals surface area contributed by atoms with Crippen molar-refractivity contribution in [3.8, 4) is 5.75 Å². The second-order valence-electron chi connectivity index (χ2n) is 10.7. The first kappa shape index (κ1) is 32.1. The Labute approximate surface area is 244 Å². The molecule has 0 spiro atoms. The van der Waals surface area contributed by atoms with E-state index in [1.54, 1.807) is 50.2 Å². The lowest BCUT2D eigenvalue weighted by atomic mass is 10.0. The van der Waals surface area contributed by atoms with E-state index in [2.05, 4.69) is 16.0 Å². The number of carboxylic acid groups (broad SMARTS) is 1. The van der Waals surface area contributed by atoms with Crippen molar-refractivity contribution in [2.24, 2.45) is 11.7 Å². The van der Waals surface area contributed by atoms with E-state index >= 15 is 0 Å². The molecule has 0 aromatic heterocycles. The Balaban J connectivity index is 1.79. The molecule has 7 N–H and O–H groups in total. The quantitative estimate of drug-likeness (QED) is 0.195. The Kier molecular flexibility index (Phi) is 11.4. The number of nitrogens with two attached hydrogens (primary N) is 1. The van der Waals surface area contributed by atoms with Gasteiger partial charge in [-0.2, -0.15) is 0 Å². The zero-order valence-corrected chi connectivity index (χ0v) is 23.8. The molecule has 2 aromatic carbocycles. The van der Waals surface area contributed by atoms with Crippen molar-refractivity contribution in [3.05, 3.63) is 65.7 Å². The Morgan fingerprint density at radius 3 is 2.12 bits per heavy atom. The molecule has 1 saturated heterocycles. The molecule has 1 aliphatic rings. The Hall–Kier alpha value is -4.45. The zero-order chi connectivity index (χ0) is 30.8. The minimum absolute atomic E-state index is 0.0289. The summed E-state index contributed by atoms with van der Waals surface area (Å²) >= 11 is 0. The number of phenolic OH excluding ortho intramolecular Hbond substituents is 1. The van der Waals surface area contributed by atoms with Gasteiger partial charge in [-0.25, -0.2) is 4.79 Å². The molecule has 0 bridgehead atoms. The van der Waals surface area contributed by atoms with Crippen molar-refractivity contribution in [2.45, 2.75) is 63.7 Å². The number of hydrogen-bond donors (Lipinski definition) is 6. The number of benzene rings is 2. The van der Waals surface area contributed by atoms with Crippen LogP contribution >= 0.6 is 0 Å². The van der Waals surface area contributed by atoms with E-state index < -0.39 is 53.8 Å². The number of aromatic hydroxyl groups is 1. The van der Waals surface area contributed by atoms with Crippen molar-refractivity contribution >= 4 is 29.6 Å². The van der Waals surface area contributed by atoms with Crippen LogP contribution in [0.3, 0.4) is 0 Å². The van der Waals surface area contributed by atoms with Crippen LogP contribution in [0.2, 0.25) is 0 Å². The first-order chi connectivity index (χ1) is 20.0. The second kappa shape index (κ2) is 15.0. The number of likely N-dealkylation sites (tertiary alicyclic amines) is 1. The van der Waals surface area contributed by atoms with Crippen LogP contribution in [0.25, 0.3) is 0 Å². The number of carbonyl (C=O) groups is 5. The third-order valence-corrected chi connectivity index (χ3v) is 7.18. The Bertz CT molecular complexity index is 1250. The SMILES string of the molecule is CC(C)[C@H](NC(=O)CN)C(=O)N1CCC[C@H]1C(=O)N[C@@H](Cc1ccccc1)C(=O)N[C@@H](Cc1ccc(O)cc1)C(=O)O. The third-order valence-electron chi connectivity index (χ3n) is 7.18. The predicted molar refractivity (Wildman–Crippen MR) is 154 cm³/mol. The average Bonchev–Trinajstić information content (AvgIpc) is 3.46. The lowest BCUT2D eigenvalue weighted by molar-refractivity contribution is -0.144. The molecule has 12 nitrogen and oxygen atoms in total. The summed E-state index contributed by atoms with van der Waals surface area (Å²) in [6.07, 6.45) is 0.976. The summed E-state index contributed by atoms with van der Waals surface area (Å²) in [6.45, 7) is 3.59. The summed E-state index contributed by atoms with van der Waals surface area (Å²) < 4.78 is 0. The van der Waals surface area contributed by atoms with Crippen LogP contribution in [0.5, 0.6) is 5.75 Å². The maximum absolute atomic E-state index is 13.5. The van der Waals surface area contributed by atoms with E-state index in [0.717, 1.165) is 5.56 Å². The molecule has 1 fully saturated rings. The predicted octanol–water partition coefficient (Wildman–Crippen LogP) is 0.322. The van der Waals surface area contributed by atoms with Gasteiger partial charge < -0.3 is 36.8 Å². The van der Waals surface area contributed by atoms with Crippen LogP contribution in [-0.2, 0) is 36.8 Å².